The lowest BCUT2D eigenvalue weighted by Gasteiger charge is -2.16. The molecule has 0 saturated carbocycles. The number of carboxylic acid groups (broad SMARTS) is 1. The standard InChI is InChI=1S/C18H14N2O4S/c21-15(22)11-14-17(24)20(13-9-5-2-6-10-13)18(25-14)19-16(23)12-7-3-1-4-8-12/h1-10,14H,11H2,(H,21,22)/t14-/m0/s1. The number of aliphatic imine (C=N–C) groups is 1. The van der Waals surface area contributed by atoms with E-state index in [4.69, 9.17) is 5.11 Å². The van der Waals surface area contributed by atoms with Gasteiger partial charge in [0, 0.05) is 5.56 Å². The third-order valence-corrected chi connectivity index (χ3v) is 4.66. The molecule has 1 heterocycles. The molecule has 6 nitrogen and oxygen atoms in total. The Morgan fingerprint density at radius 3 is 2.24 bits per heavy atom. The van der Waals surface area contributed by atoms with Gasteiger partial charge in [0.25, 0.3) is 5.91 Å². The summed E-state index contributed by atoms with van der Waals surface area (Å²) in [5.74, 6) is -1.94. The van der Waals surface area contributed by atoms with Gasteiger partial charge in [-0.05, 0) is 24.3 Å². The van der Waals surface area contributed by atoms with Crippen molar-refractivity contribution in [3.8, 4) is 0 Å². The lowest BCUT2D eigenvalue weighted by molar-refractivity contribution is -0.138. The summed E-state index contributed by atoms with van der Waals surface area (Å²) < 4.78 is 0. The second kappa shape index (κ2) is 7.31. The summed E-state index contributed by atoms with van der Waals surface area (Å²) in [6.07, 6.45) is -0.328. The summed E-state index contributed by atoms with van der Waals surface area (Å²) in [7, 11) is 0. The van der Waals surface area contributed by atoms with Gasteiger partial charge in [-0.15, -0.1) is 0 Å². The summed E-state index contributed by atoms with van der Waals surface area (Å²) in [4.78, 5) is 41.4. The molecule has 2 aromatic rings. The molecule has 1 fully saturated rings. The predicted octanol–water partition coefficient (Wildman–Crippen LogP) is 2.81. The SMILES string of the molecule is O=C(O)C[C@@H]1SC(=NC(=O)c2ccccc2)N(c2ccccc2)C1=O. The summed E-state index contributed by atoms with van der Waals surface area (Å²) in [5, 5.41) is 8.39. The molecule has 2 amide bonds. The minimum absolute atomic E-state index is 0.191. The minimum atomic E-state index is -1.07. The highest BCUT2D eigenvalue weighted by Gasteiger charge is 2.40. The van der Waals surface area contributed by atoms with Crippen molar-refractivity contribution in [3.63, 3.8) is 0 Å². The quantitative estimate of drug-likeness (QED) is 0.912. The van der Waals surface area contributed by atoms with Gasteiger partial charge in [0.2, 0.25) is 5.91 Å². The van der Waals surface area contributed by atoms with Crippen molar-refractivity contribution in [2.24, 2.45) is 4.99 Å². The van der Waals surface area contributed by atoms with Crippen molar-refractivity contribution in [1.29, 1.82) is 0 Å². The van der Waals surface area contributed by atoms with Crippen molar-refractivity contribution in [1.82, 2.24) is 0 Å². The first-order valence-corrected chi connectivity index (χ1v) is 8.40. The number of aliphatic carboxylic acids is 1. The van der Waals surface area contributed by atoms with Crippen molar-refractivity contribution < 1.29 is 19.5 Å². The molecule has 0 unspecified atom stereocenters. The van der Waals surface area contributed by atoms with E-state index in [2.05, 4.69) is 4.99 Å². The highest BCUT2D eigenvalue weighted by Crippen LogP contribution is 2.33. The maximum absolute atomic E-state index is 12.6. The first kappa shape index (κ1) is 16.9. The maximum atomic E-state index is 12.6. The molecular weight excluding hydrogens is 340 g/mol. The van der Waals surface area contributed by atoms with Crippen LogP contribution in [0.25, 0.3) is 0 Å². The number of nitrogens with zero attached hydrogens (tertiary/aromatic N) is 2. The van der Waals surface area contributed by atoms with Gasteiger partial charge in [0.1, 0.15) is 5.25 Å². The van der Waals surface area contributed by atoms with Gasteiger partial charge in [-0.25, -0.2) is 0 Å². The first-order chi connectivity index (χ1) is 12.1. The highest BCUT2D eigenvalue weighted by atomic mass is 32.2. The number of anilines is 1. The average molecular weight is 354 g/mol. The maximum Gasteiger partial charge on any atom is 0.305 e. The second-order valence-electron chi connectivity index (χ2n) is 5.28. The number of carbonyl (C=O) groups is 3. The van der Waals surface area contributed by atoms with E-state index in [1.807, 2.05) is 0 Å². The Balaban J connectivity index is 1.96. The zero-order chi connectivity index (χ0) is 17.8. The number of amides is 2. The van der Waals surface area contributed by atoms with Crippen molar-refractivity contribution in [2.45, 2.75) is 11.7 Å². The molecule has 1 atom stereocenters. The number of thioether (sulfide) groups is 1. The number of hydrogen-bond acceptors (Lipinski definition) is 4. The normalized spacial score (nSPS) is 18.6. The lowest BCUT2D eigenvalue weighted by Crippen LogP contribution is -2.33. The summed E-state index contributed by atoms with van der Waals surface area (Å²) in [6.45, 7) is 0. The Morgan fingerprint density at radius 2 is 1.64 bits per heavy atom. The number of benzene rings is 2. The van der Waals surface area contributed by atoms with Gasteiger partial charge in [0.05, 0.1) is 12.1 Å². The first-order valence-electron chi connectivity index (χ1n) is 7.52. The number of carbonyl (C=O) groups excluding carboxylic acids is 2. The number of para-hydroxylation sites is 1. The monoisotopic (exact) mass is 354 g/mol. The predicted molar refractivity (Wildman–Crippen MR) is 95.8 cm³/mol. The van der Waals surface area contributed by atoms with Gasteiger partial charge in [-0.3, -0.25) is 19.3 Å². The van der Waals surface area contributed by atoms with E-state index < -0.39 is 23.0 Å². The van der Waals surface area contributed by atoms with Crippen LogP contribution < -0.4 is 4.90 Å². The Bertz CT molecular complexity index is 837. The average Bonchev–Trinajstić information content (AvgIpc) is 2.91. The zero-order valence-corrected chi connectivity index (χ0v) is 13.8. The van der Waals surface area contributed by atoms with Crippen molar-refractivity contribution in [3.05, 3.63) is 66.2 Å². The van der Waals surface area contributed by atoms with Crippen LogP contribution in [0, 0.1) is 0 Å². The van der Waals surface area contributed by atoms with Crippen LogP contribution in [-0.4, -0.2) is 33.3 Å². The molecule has 1 N–H and O–H groups in total. The van der Waals surface area contributed by atoms with Crippen LogP contribution in [0.2, 0.25) is 0 Å². The van der Waals surface area contributed by atoms with Gasteiger partial charge in [-0.2, -0.15) is 4.99 Å². The van der Waals surface area contributed by atoms with E-state index in [0.29, 0.717) is 11.3 Å². The molecule has 126 valence electrons. The van der Waals surface area contributed by atoms with Gasteiger partial charge in [-0.1, -0.05) is 48.2 Å². The minimum Gasteiger partial charge on any atom is -0.481 e. The fourth-order valence-electron chi connectivity index (χ4n) is 2.38. The van der Waals surface area contributed by atoms with E-state index in [9.17, 15) is 14.4 Å². The Labute approximate surface area is 148 Å². The molecule has 25 heavy (non-hydrogen) atoms. The molecule has 2 aromatic carbocycles. The molecule has 1 saturated heterocycles. The van der Waals surface area contributed by atoms with E-state index in [-0.39, 0.29) is 11.6 Å². The van der Waals surface area contributed by atoms with Gasteiger partial charge in [0.15, 0.2) is 5.17 Å². The van der Waals surface area contributed by atoms with Crippen molar-refractivity contribution in [2.75, 3.05) is 4.90 Å². The Kier molecular flexibility index (Phi) is 4.95. The summed E-state index contributed by atoms with van der Waals surface area (Å²) in [6, 6.07) is 17.3. The second-order valence-corrected chi connectivity index (χ2v) is 6.45. The van der Waals surface area contributed by atoms with Crippen LogP contribution in [0.4, 0.5) is 5.69 Å². The van der Waals surface area contributed by atoms with Crippen LogP contribution >= 0.6 is 11.8 Å². The fourth-order valence-corrected chi connectivity index (χ4v) is 3.50. The largest absolute Gasteiger partial charge is 0.481 e. The molecule has 0 radical (unpaired) electrons. The van der Waals surface area contributed by atoms with Crippen molar-refractivity contribution >= 4 is 40.4 Å². The molecule has 7 heteroatoms. The number of amidine groups is 1. The molecular formula is C18H14N2O4S. The van der Waals surface area contributed by atoms with E-state index in [1.54, 1.807) is 60.7 Å². The van der Waals surface area contributed by atoms with Crippen LogP contribution in [0.1, 0.15) is 16.8 Å². The van der Waals surface area contributed by atoms with Crippen LogP contribution in [0.3, 0.4) is 0 Å². The molecule has 0 spiro atoms. The molecule has 0 bridgehead atoms. The van der Waals surface area contributed by atoms with E-state index in [0.717, 1.165) is 11.8 Å². The zero-order valence-electron chi connectivity index (χ0n) is 13.0. The van der Waals surface area contributed by atoms with E-state index >= 15 is 0 Å². The topological polar surface area (TPSA) is 87.0 Å². The number of rotatable bonds is 4. The molecule has 0 aromatic heterocycles. The van der Waals surface area contributed by atoms with Crippen LogP contribution in [0.5, 0.6) is 0 Å². The highest BCUT2D eigenvalue weighted by molar-refractivity contribution is 8.16. The smallest absolute Gasteiger partial charge is 0.305 e. The summed E-state index contributed by atoms with van der Waals surface area (Å²) >= 11 is 0.998. The molecule has 1 aliphatic heterocycles. The Hall–Kier alpha value is -2.93. The molecule has 3 rings (SSSR count). The van der Waals surface area contributed by atoms with Gasteiger partial charge >= 0.3 is 5.97 Å². The Morgan fingerprint density at radius 1 is 1.04 bits per heavy atom. The molecule has 1 aliphatic rings. The number of hydrogen-bond donors (Lipinski definition) is 1. The third kappa shape index (κ3) is 3.77. The number of carboxylic acids is 1. The van der Waals surface area contributed by atoms with E-state index in [1.165, 1.54) is 4.90 Å². The molecule has 0 aliphatic carbocycles. The van der Waals surface area contributed by atoms with Crippen LogP contribution in [-0.2, 0) is 9.59 Å². The fraction of sp³-hybridized carbons (Fsp3) is 0.111. The van der Waals surface area contributed by atoms with Crippen LogP contribution in [0.15, 0.2) is 65.7 Å². The van der Waals surface area contributed by atoms with Gasteiger partial charge < -0.3 is 5.11 Å². The third-order valence-electron chi connectivity index (χ3n) is 3.53. The lowest BCUT2D eigenvalue weighted by atomic mass is 10.2. The summed E-state index contributed by atoms with van der Waals surface area (Å²) in [5.41, 5.74) is 0.949.